The molecule has 0 unspecified atom stereocenters. The summed E-state index contributed by atoms with van der Waals surface area (Å²) in [7, 11) is 0. The van der Waals surface area contributed by atoms with Crippen LogP contribution in [0.5, 0.6) is 0 Å². The van der Waals surface area contributed by atoms with Crippen molar-refractivity contribution in [3.63, 3.8) is 0 Å². The highest BCUT2D eigenvalue weighted by atomic mass is 16.2. The number of amides is 5. The second kappa shape index (κ2) is 7.43. The maximum Gasteiger partial charge on any atom is 0.324 e. The zero-order valence-corrected chi connectivity index (χ0v) is 13.6. The molecule has 0 spiro atoms. The van der Waals surface area contributed by atoms with E-state index < -0.39 is 29.9 Å². The molecule has 5 amide bonds. The van der Waals surface area contributed by atoms with Crippen molar-refractivity contribution < 1.29 is 19.2 Å². The van der Waals surface area contributed by atoms with E-state index in [0.29, 0.717) is 25.1 Å². The zero-order valence-electron chi connectivity index (χ0n) is 13.6. The summed E-state index contributed by atoms with van der Waals surface area (Å²) in [5, 5.41) is 7.86. The average Bonchev–Trinajstić information content (AvgIpc) is 3.26. The van der Waals surface area contributed by atoms with Gasteiger partial charge in [0.2, 0.25) is 17.7 Å². The molecule has 1 aromatic heterocycles. The molecule has 25 heavy (non-hydrogen) atoms. The van der Waals surface area contributed by atoms with Crippen molar-refractivity contribution >= 4 is 23.8 Å². The van der Waals surface area contributed by atoms with E-state index in [9.17, 15) is 19.2 Å². The minimum Gasteiger partial charge on any atom is -0.348 e. The number of carbonyl (C=O) groups excluding carboxylic acids is 4. The van der Waals surface area contributed by atoms with E-state index in [0.717, 1.165) is 17.9 Å². The normalized spacial score (nSPS) is 20.7. The van der Waals surface area contributed by atoms with Gasteiger partial charge in [0.1, 0.15) is 6.04 Å². The molecule has 0 aliphatic carbocycles. The van der Waals surface area contributed by atoms with Crippen molar-refractivity contribution in [1.82, 2.24) is 30.8 Å². The number of hydrogen-bond donors (Lipinski definition) is 4. The number of β-lactam (4-membered cyclic amide) rings is 1. The first kappa shape index (κ1) is 17.1. The lowest BCUT2D eigenvalue weighted by atomic mass is 10.1. The molecule has 2 aliphatic heterocycles. The summed E-state index contributed by atoms with van der Waals surface area (Å²) in [5.41, 5.74) is 0.627. The van der Waals surface area contributed by atoms with Gasteiger partial charge in [-0.25, -0.2) is 9.78 Å². The monoisotopic (exact) mass is 348 g/mol. The molecule has 0 aromatic carbocycles. The van der Waals surface area contributed by atoms with Gasteiger partial charge in [-0.3, -0.25) is 24.6 Å². The minimum atomic E-state index is -0.994. The Hall–Kier alpha value is -2.75. The van der Waals surface area contributed by atoms with Gasteiger partial charge in [-0.15, -0.1) is 0 Å². The predicted octanol–water partition coefficient (Wildman–Crippen LogP) is -1.34. The van der Waals surface area contributed by atoms with Gasteiger partial charge in [0.05, 0.1) is 12.4 Å². The van der Waals surface area contributed by atoms with Crippen LogP contribution in [0.3, 0.4) is 0 Å². The third kappa shape index (κ3) is 4.02. The number of likely N-dealkylation sites (tertiary alicyclic amines) is 1. The van der Waals surface area contributed by atoms with Gasteiger partial charge in [0.15, 0.2) is 0 Å². The Balaban J connectivity index is 1.64. The van der Waals surface area contributed by atoms with Crippen LogP contribution in [0.2, 0.25) is 0 Å². The molecule has 2 fully saturated rings. The standard InChI is InChI=1S/C15H20N6O4/c22-12-3-5-21(12)15(25)19-11(6-9-7-16-8-18-9)14(24)20-13(23)10-2-1-4-17-10/h7-8,10-11,17H,1-6H2,(H,16,18)(H,19,25)(H,20,23,24)/t10-,11-/m0/s1. The van der Waals surface area contributed by atoms with Crippen molar-refractivity contribution in [2.75, 3.05) is 13.1 Å². The number of carbonyl (C=O) groups is 4. The lowest BCUT2D eigenvalue weighted by Crippen LogP contribution is -2.58. The topological polar surface area (TPSA) is 136 Å². The number of aromatic nitrogens is 2. The molecule has 4 N–H and O–H groups in total. The summed E-state index contributed by atoms with van der Waals surface area (Å²) < 4.78 is 0. The Morgan fingerprint density at radius 1 is 1.40 bits per heavy atom. The van der Waals surface area contributed by atoms with Gasteiger partial charge in [0, 0.05) is 31.3 Å². The predicted molar refractivity (Wildman–Crippen MR) is 85.1 cm³/mol. The summed E-state index contributed by atoms with van der Waals surface area (Å²) in [6.45, 7) is 1.06. The van der Waals surface area contributed by atoms with Crippen LogP contribution in [0, 0.1) is 0 Å². The minimum absolute atomic E-state index is 0.130. The van der Waals surface area contributed by atoms with E-state index in [2.05, 4.69) is 25.9 Å². The van der Waals surface area contributed by atoms with E-state index in [1.54, 1.807) is 0 Å². The Morgan fingerprint density at radius 3 is 2.80 bits per heavy atom. The lowest BCUT2D eigenvalue weighted by molar-refractivity contribution is -0.136. The van der Waals surface area contributed by atoms with Crippen molar-refractivity contribution in [3.8, 4) is 0 Å². The molecule has 2 atom stereocenters. The summed E-state index contributed by atoms with van der Waals surface area (Å²) in [4.78, 5) is 55.8. The molecule has 0 radical (unpaired) electrons. The Bertz CT molecular complexity index is 668. The van der Waals surface area contributed by atoms with Gasteiger partial charge in [-0.2, -0.15) is 0 Å². The van der Waals surface area contributed by atoms with E-state index in [-0.39, 0.29) is 12.3 Å². The molecule has 134 valence electrons. The molecule has 3 heterocycles. The summed E-state index contributed by atoms with van der Waals surface area (Å²) in [5.74, 6) is -1.31. The molecule has 0 saturated carbocycles. The van der Waals surface area contributed by atoms with Crippen LogP contribution in [0.15, 0.2) is 12.5 Å². The van der Waals surface area contributed by atoms with Gasteiger partial charge in [-0.05, 0) is 19.4 Å². The fraction of sp³-hybridized carbons (Fsp3) is 0.533. The van der Waals surface area contributed by atoms with Crippen LogP contribution >= 0.6 is 0 Å². The van der Waals surface area contributed by atoms with Gasteiger partial charge in [-0.1, -0.05) is 0 Å². The van der Waals surface area contributed by atoms with Crippen LogP contribution in [-0.2, 0) is 20.8 Å². The Labute approximate surface area is 143 Å². The first-order chi connectivity index (χ1) is 12.0. The summed E-state index contributed by atoms with van der Waals surface area (Å²) in [6, 6.07) is -2.03. The maximum atomic E-state index is 12.5. The molecular weight excluding hydrogens is 328 g/mol. The van der Waals surface area contributed by atoms with E-state index in [4.69, 9.17) is 0 Å². The fourth-order valence-electron chi connectivity index (χ4n) is 2.79. The van der Waals surface area contributed by atoms with E-state index in [1.165, 1.54) is 12.5 Å². The molecule has 2 aliphatic rings. The van der Waals surface area contributed by atoms with Crippen LogP contribution < -0.4 is 16.0 Å². The number of imide groups is 2. The maximum absolute atomic E-state index is 12.5. The molecule has 1 aromatic rings. The number of aromatic amines is 1. The largest absolute Gasteiger partial charge is 0.348 e. The zero-order chi connectivity index (χ0) is 17.8. The Morgan fingerprint density at radius 2 is 2.24 bits per heavy atom. The second-order valence-electron chi connectivity index (χ2n) is 6.08. The van der Waals surface area contributed by atoms with Crippen molar-refractivity contribution in [2.24, 2.45) is 0 Å². The van der Waals surface area contributed by atoms with Crippen LogP contribution in [0.4, 0.5) is 4.79 Å². The number of H-pyrrole nitrogens is 1. The van der Waals surface area contributed by atoms with Crippen LogP contribution in [0.25, 0.3) is 0 Å². The smallest absolute Gasteiger partial charge is 0.324 e. The van der Waals surface area contributed by atoms with E-state index in [1.807, 2.05) is 0 Å². The quantitative estimate of drug-likeness (QED) is 0.486. The molecule has 10 nitrogen and oxygen atoms in total. The summed E-state index contributed by atoms with van der Waals surface area (Å²) in [6.07, 6.45) is 4.97. The lowest BCUT2D eigenvalue weighted by Gasteiger charge is -2.30. The van der Waals surface area contributed by atoms with Crippen molar-refractivity contribution in [3.05, 3.63) is 18.2 Å². The second-order valence-corrected chi connectivity index (χ2v) is 6.08. The third-order valence-electron chi connectivity index (χ3n) is 4.31. The highest BCUT2D eigenvalue weighted by Crippen LogP contribution is 2.10. The number of rotatable bonds is 5. The first-order valence-corrected chi connectivity index (χ1v) is 8.21. The molecule has 2 saturated heterocycles. The van der Waals surface area contributed by atoms with Gasteiger partial charge >= 0.3 is 6.03 Å². The molecule has 0 bridgehead atoms. The SMILES string of the molecule is O=C(NC(=O)[C@H](Cc1cnc[nH]1)NC(=O)N1CCC1=O)[C@@H]1CCCN1. The van der Waals surface area contributed by atoms with Crippen LogP contribution in [-0.4, -0.2) is 63.8 Å². The molecule has 10 heteroatoms. The van der Waals surface area contributed by atoms with E-state index >= 15 is 0 Å². The highest BCUT2D eigenvalue weighted by Gasteiger charge is 2.34. The fourth-order valence-corrected chi connectivity index (χ4v) is 2.79. The number of hydrogen-bond acceptors (Lipinski definition) is 6. The Kier molecular flexibility index (Phi) is 5.08. The van der Waals surface area contributed by atoms with Gasteiger partial charge in [0.25, 0.3) is 0 Å². The summed E-state index contributed by atoms with van der Waals surface area (Å²) >= 11 is 0. The molecular formula is C15H20N6O4. The van der Waals surface area contributed by atoms with Crippen molar-refractivity contribution in [1.29, 1.82) is 0 Å². The third-order valence-corrected chi connectivity index (χ3v) is 4.31. The number of imidazole rings is 1. The van der Waals surface area contributed by atoms with Crippen LogP contribution in [0.1, 0.15) is 25.0 Å². The van der Waals surface area contributed by atoms with Crippen molar-refractivity contribution in [2.45, 2.75) is 37.8 Å². The molecule has 3 rings (SSSR count). The number of nitrogens with one attached hydrogen (secondary N) is 4. The first-order valence-electron chi connectivity index (χ1n) is 8.21. The van der Waals surface area contributed by atoms with Gasteiger partial charge < -0.3 is 15.6 Å². The highest BCUT2D eigenvalue weighted by molar-refractivity contribution is 6.03. The average molecular weight is 348 g/mol. The number of nitrogens with zero attached hydrogens (tertiary/aromatic N) is 2. The number of urea groups is 1.